The summed E-state index contributed by atoms with van der Waals surface area (Å²) in [5.41, 5.74) is 0. The molecule has 3 N–H and O–H groups in total. The van der Waals surface area contributed by atoms with E-state index >= 15 is 0 Å². The molecule has 1 atom stereocenters. The first-order chi connectivity index (χ1) is 9.13. The third kappa shape index (κ3) is 6.11. The van der Waals surface area contributed by atoms with E-state index < -0.39 is 18.0 Å². The Bertz CT molecular complexity index is 345. The Balaban J connectivity index is 2.12. The monoisotopic (exact) mass is 268 g/mol. The number of urea groups is 1. The normalized spacial score (nSPS) is 16.6. The summed E-state index contributed by atoms with van der Waals surface area (Å²) < 4.78 is 5.56. The van der Waals surface area contributed by atoms with Crippen LogP contribution in [0.1, 0.15) is 32.1 Å². The number of carbonyl (C=O) groups excluding carboxylic acids is 1. The topological polar surface area (TPSA) is 87.7 Å². The van der Waals surface area contributed by atoms with Gasteiger partial charge in [-0.15, -0.1) is 12.3 Å². The van der Waals surface area contributed by atoms with Gasteiger partial charge in [-0.3, -0.25) is 0 Å². The van der Waals surface area contributed by atoms with E-state index in [0.29, 0.717) is 19.3 Å². The molecule has 0 aliphatic heterocycles. The van der Waals surface area contributed by atoms with Crippen LogP contribution in [0.4, 0.5) is 4.79 Å². The fourth-order valence-electron chi connectivity index (χ4n) is 1.97. The lowest BCUT2D eigenvalue weighted by Gasteiger charge is -2.14. The Morgan fingerprint density at radius 1 is 1.42 bits per heavy atom. The van der Waals surface area contributed by atoms with Gasteiger partial charge in [0.1, 0.15) is 6.04 Å². The predicted molar refractivity (Wildman–Crippen MR) is 69.6 cm³/mol. The minimum atomic E-state index is -1.14. The molecule has 0 aromatic rings. The van der Waals surface area contributed by atoms with Crippen LogP contribution in [-0.2, 0) is 9.53 Å². The molecule has 2 amide bonds. The van der Waals surface area contributed by atoms with Crippen molar-refractivity contribution in [3.8, 4) is 12.3 Å². The van der Waals surface area contributed by atoms with E-state index in [1.165, 1.54) is 12.8 Å². The lowest BCUT2D eigenvalue weighted by molar-refractivity contribution is -0.139. The molecule has 1 saturated carbocycles. The van der Waals surface area contributed by atoms with Gasteiger partial charge in [0.25, 0.3) is 0 Å². The Hall–Kier alpha value is -1.74. The minimum Gasteiger partial charge on any atom is -0.480 e. The van der Waals surface area contributed by atoms with Gasteiger partial charge in [-0.05, 0) is 12.8 Å². The Morgan fingerprint density at radius 3 is 2.68 bits per heavy atom. The molecular formula is C13H20N2O4. The Morgan fingerprint density at radius 2 is 2.11 bits per heavy atom. The molecule has 0 aromatic heterocycles. The van der Waals surface area contributed by atoms with Gasteiger partial charge in [0, 0.05) is 13.0 Å². The van der Waals surface area contributed by atoms with Crippen molar-refractivity contribution in [1.82, 2.24) is 10.6 Å². The van der Waals surface area contributed by atoms with Crippen LogP contribution in [0, 0.1) is 12.3 Å². The van der Waals surface area contributed by atoms with Gasteiger partial charge >= 0.3 is 12.0 Å². The number of carbonyl (C=O) groups is 2. The maximum Gasteiger partial charge on any atom is 0.327 e. The molecule has 6 nitrogen and oxygen atoms in total. The lowest BCUT2D eigenvalue weighted by atomic mass is 10.2. The van der Waals surface area contributed by atoms with Crippen molar-refractivity contribution < 1.29 is 19.4 Å². The first-order valence-electron chi connectivity index (χ1n) is 6.45. The van der Waals surface area contributed by atoms with E-state index in [1.54, 1.807) is 0 Å². The van der Waals surface area contributed by atoms with Crippen LogP contribution < -0.4 is 10.6 Å². The van der Waals surface area contributed by atoms with Crippen LogP contribution in [0.25, 0.3) is 0 Å². The lowest BCUT2D eigenvalue weighted by Crippen LogP contribution is -2.46. The molecule has 1 aliphatic rings. The molecule has 0 heterocycles. The maximum absolute atomic E-state index is 11.4. The molecule has 1 aliphatic carbocycles. The predicted octanol–water partition coefficient (Wildman–Crippen LogP) is 0.721. The highest BCUT2D eigenvalue weighted by atomic mass is 16.5. The zero-order valence-electron chi connectivity index (χ0n) is 10.9. The molecule has 106 valence electrons. The average Bonchev–Trinajstić information content (AvgIpc) is 2.87. The van der Waals surface area contributed by atoms with Crippen LogP contribution in [0.3, 0.4) is 0 Å². The van der Waals surface area contributed by atoms with Gasteiger partial charge in [0.2, 0.25) is 0 Å². The molecule has 0 aromatic carbocycles. The first kappa shape index (κ1) is 15.3. The van der Waals surface area contributed by atoms with Gasteiger partial charge in [-0.25, -0.2) is 9.59 Å². The molecule has 6 heteroatoms. The quantitative estimate of drug-likeness (QED) is 0.469. The van der Waals surface area contributed by atoms with Crippen LogP contribution in [0.2, 0.25) is 0 Å². The molecule has 1 unspecified atom stereocenters. The molecular weight excluding hydrogens is 248 g/mol. The van der Waals surface area contributed by atoms with E-state index in [-0.39, 0.29) is 6.42 Å². The second-order valence-electron chi connectivity index (χ2n) is 4.48. The van der Waals surface area contributed by atoms with Crippen molar-refractivity contribution in [2.45, 2.75) is 44.2 Å². The van der Waals surface area contributed by atoms with E-state index in [2.05, 4.69) is 16.6 Å². The molecule has 1 fully saturated rings. The highest BCUT2D eigenvalue weighted by Crippen LogP contribution is 2.20. The number of terminal acetylenes is 1. The zero-order chi connectivity index (χ0) is 14.1. The summed E-state index contributed by atoms with van der Waals surface area (Å²) >= 11 is 0. The third-order valence-corrected chi connectivity index (χ3v) is 2.97. The maximum atomic E-state index is 11.4. The number of hydrogen-bond acceptors (Lipinski definition) is 3. The molecule has 0 radical (unpaired) electrons. The summed E-state index contributed by atoms with van der Waals surface area (Å²) in [4.78, 5) is 22.2. The number of carboxylic acid groups (broad SMARTS) is 1. The SMILES string of the molecule is C#CCC(NC(=O)NCCOC1CCCC1)C(=O)O. The van der Waals surface area contributed by atoms with Crippen molar-refractivity contribution in [3.63, 3.8) is 0 Å². The molecule has 0 saturated heterocycles. The van der Waals surface area contributed by atoms with Crippen LogP contribution >= 0.6 is 0 Å². The molecule has 0 bridgehead atoms. The van der Waals surface area contributed by atoms with Gasteiger partial charge < -0.3 is 20.5 Å². The van der Waals surface area contributed by atoms with Crippen molar-refractivity contribution in [3.05, 3.63) is 0 Å². The van der Waals surface area contributed by atoms with Crippen LogP contribution in [-0.4, -0.2) is 42.4 Å². The Labute approximate surface area is 112 Å². The van der Waals surface area contributed by atoms with E-state index in [1.807, 2.05) is 0 Å². The van der Waals surface area contributed by atoms with Gasteiger partial charge in [0.05, 0.1) is 12.7 Å². The third-order valence-electron chi connectivity index (χ3n) is 2.97. The van der Waals surface area contributed by atoms with Crippen molar-refractivity contribution >= 4 is 12.0 Å². The van der Waals surface area contributed by atoms with E-state index in [9.17, 15) is 9.59 Å². The standard InChI is InChI=1S/C13H20N2O4/c1-2-5-11(12(16)17)15-13(18)14-8-9-19-10-6-3-4-7-10/h1,10-11H,3-9H2,(H,16,17)(H2,14,15,18). The van der Waals surface area contributed by atoms with Crippen LogP contribution in [0.5, 0.6) is 0 Å². The fraction of sp³-hybridized carbons (Fsp3) is 0.692. The van der Waals surface area contributed by atoms with Crippen molar-refractivity contribution in [1.29, 1.82) is 0 Å². The number of nitrogens with one attached hydrogen (secondary N) is 2. The first-order valence-corrected chi connectivity index (χ1v) is 6.45. The van der Waals surface area contributed by atoms with E-state index in [4.69, 9.17) is 16.3 Å². The largest absolute Gasteiger partial charge is 0.480 e. The minimum absolute atomic E-state index is 0.0403. The fourth-order valence-corrected chi connectivity index (χ4v) is 1.97. The van der Waals surface area contributed by atoms with E-state index in [0.717, 1.165) is 12.8 Å². The summed E-state index contributed by atoms with van der Waals surface area (Å²) in [6.45, 7) is 0.787. The molecule has 1 rings (SSSR count). The number of amides is 2. The highest BCUT2D eigenvalue weighted by Gasteiger charge is 2.18. The number of aliphatic carboxylic acids is 1. The molecule has 0 spiro atoms. The zero-order valence-corrected chi connectivity index (χ0v) is 10.9. The number of hydrogen-bond donors (Lipinski definition) is 3. The van der Waals surface area contributed by atoms with Gasteiger partial charge in [-0.2, -0.15) is 0 Å². The van der Waals surface area contributed by atoms with Gasteiger partial charge in [-0.1, -0.05) is 12.8 Å². The molecule has 19 heavy (non-hydrogen) atoms. The van der Waals surface area contributed by atoms with Gasteiger partial charge in [0.15, 0.2) is 0 Å². The number of rotatable bonds is 7. The summed E-state index contributed by atoms with van der Waals surface area (Å²) in [7, 11) is 0. The number of carboxylic acids is 1. The Kier molecular flexibility index (Phi) is 6.75. The second-order valence-corrected chi connectivity index (χ2v) is 4.48. The summed E-state index contributed by atoms with van der Waals surface area (Å²) in [5.74, 6) is 1.07. The van der Waals surface area contributed by atoms with Crippen LogP contribution in [0.15, 0.2) is 0 Å². The summed E-state index contributed by atoms with van der Waals surface area (Å²) in [6, 6.07) is -1.60. The average molecular weight is 268 g/mol. The smallest absolute Gasteiger partial charge is 0.327 e. The highest BCUT2D eigenvalue weighted by molar-refractivity contribution is 5.82. The summed E-state index contributed by atoms with van der Waals surface area (Å²) in [5, 5.41) is 13.6. The summed E-state index contributed by atoms with van der Waals surface area (Å²) in [6.07, 6.45) is 9.85. The second kappa shape index (κ2) is 8.38. The number of ether oxygens (including phenoxy) is 1. The van der Waals surface area contributed by atoms with Crippen molar-refractivity contribution in [2.75, 3.05) is 13.2 Å². The van der Waals surface area contributed by atoms with Crippen molar-refractivity contribution in [2.24, 2.45) is 0 Å².